The number of ether oxygens (including phenoxy) is 1. The van der Waals surface area contributed by atoms with Gasteiger partial charge in [-0.05, 0) is 71.9 Å². The maximum Gasteiger partial charge on any atom is 0.336 e. The van der Waals surface area contributed by atoms with Gasteiger partial charge in [-0.3, -0.25) is 0 Å². The lowest BCUT2D eigenvalue weighted by Crippen LogP contribution is -2.04. The number of carboxylic acid groups (broad SMARTS) is 1. The lowest BCUT2D eigenvalue weighted by atomic mass is 9.99. The number of hydrogen-bond donors (Lipinski definition) is 1. The van der Waals surface area contributed by atoms with E-state index in [2.05, 4.69) is 14.2 Å². The molecule has 0 saturated heterocycles. The standard InChI is InChI=1S/C24H18F2NO3P/c1-2-30-15-6-3-13(4-7-15)16-10-20(26)19(12-23(16)31)22-11-18(24(28)29)17-9-14(25)5-8-21(17)27-22/h3-12H,2,31H2,1H3,(H,28,29). The van der Waals surface area contributed by atoms with Crippen molar-refractivity contribution in [3.63, 3.8) is 0 Å². The van der Waals surface area contributed by atoms with E-state index in [4.69, 9.17) is 4.74 Å². The Morgan fingerprint density at radius 2 is 1.77 bits per heavy atom. The number of fused-ring (bicyclic) bond motifs is 1. The number of carboxylic acids is 1. The van der Waals surface area contributed by atoms with Crippen molar-refractivity contribution in [2.45, 2.75) is 6.92 Å². The van der Waals surface area contributed by atoms with Gasteiger partial charge in [-0.2, -0.15) is 0 Å². The van der Waals surface area contributed by atoms with Gasteiger partial charge in [0.25, 0.3) is 0 Å². The number of carbonyl (C=O) groups is 1. The van der Waals surface area contributed by atoms with Crippen LogP contribution in [0.25, 0.3) is 33.3 Å². The molecule has 0 spiro atoms. The summed E-state index contributed by atoms with van der Waals surface area (Å²) in [4.78, 5) is 16.1. The minimum absolute atomic E-state index is 0.139. The Morgan fingerprint density at radius 3 is 2.45 bits per heavy atom. The number of rotatable bonds is 5. The largest absolute Gasteiger partial charge is 0.494 e. The summed E-state index contributed by atoms with van der Waals surface area (Å²) in [5.41, 5.74) is 1.95. The molecule has 4 aromatic rings. The highest BCUT2D eigenvalue weighted by molar-refractivity contribution is 7.28. The Balaban J connectivity index is 1.82. The Labute approximate surface area is 179 Å². The maximum absolute atomic E-state index is 15.1. The first kappa shape index (κ1) is 20.9. The number of aromatic carboxylic acids is 1. The lowest BCUT2D eigenvalue weighted by Gasteiger charge is -2.12. The third-order valence-electron chi connectivity index (χ3n) is 4.89. The number of hydrogen-bond acceptors (Lipinski definition) is 3. The summed E-state index contributed by atoms with van der Waals surface area (Å²) in [6.07, 6.45) is 0. The summed E-state index contributed by atoms with van der Waals surface area (Å²) in [6.45, 7) is 2.46. The van der Waals surface area contributed by atoms with Gasteiger partial charge in [-0.25, -0.2) is 18.6 Å². The number of aromatic nitrogens is 1. The van der Waals surface area contributed by atoms with Gasteiger partial charge in [0.05, 0.1) is 23.4 Å². The van der Waals surface area contributed by atoms with Crippen molar-refractivity contribution in [3.05, 3.63) is 77.9 Å². The monoisotopic (exact) mass is 437 g/mol. The molecule has 0 saturated carbocycles. The van der Waals surface area contributed by atoms with E-state index in [0.29, 0.717) is 12.2 Å². The molecule has 7 heteroatoms. The van der Waals surface area contributed by atoms with Crippen LogP contribution in [0.1, 0.15) is 17.3 Å². The van der Waals surface area contributed by atoms with Crippen molar-refractivity contribution in [2.24, 2.45) is 0 Å². The number of benzene rings is 3. The van der Waals surface area contributed by atoms with Gasteiger partial charge in [-0.15, -0.1) is 9.24 Å². The number of nitrogens with zero attached hydrogens (tertiary/aromatic N) is 1. The van der Waals surface area contributed by atoms with E-state index < -0.39 is 17.6 Å². The second kappa shape index (κ2) is 8.40. The van der Waals surface area contributed by atoms with E-state index in [1.807, 2.05) is 31.2 Å². The molecule has 1 unspecified atom stereocenters. The third kappa shape index (κ3) is 4.12. The molecule has 156 valence electrons. The van der Waals surface area contributed by atoms with Crippen LogP contribution in [0.3, 0.4) is 0 Å². The second-order valence-corrected chi connectivity index (χ2v) is 7.52. The van der Waals surface area contributed by atoms with Crippen LogP contribution in [0.4, 0.5) is 8.78 Å². The summed E-state index contributed by atoms with van der Waals surface area (Å²) in [5, 5.41) is 10.4. The first-order chi connectivity index (χ1) is 14.9. The van der Waals surface area contributed by atoms with E-state index in [0.717, 1.165) is 22.7 Å². The van der Waals surface area contributed by atoms with E-state index >= 15 is 4.39 Å². The molecule has 1 N–H and O–H groups in total. The first-order valence-electron chi connectivity index (χ1n) is 9.53. The molecule has 0 bridgehead atoms. The summed E-state index contributed by atoms with van der Waals surface area (Å²) >= 11 is 0. The molecule has 31 heavy (non-hydrogen) atoms. The highest BCUT2D eigenvalue weighted by Crippen LogP contribution is 2.31. The Hall–Kier alpha value is -3.37. The van der Waals surface area contributed by atoms with Crippen molar-refractivity contribution in [1.82, 2.24) is 4.98 Å². The Kier molecular flexibility index (Phi) is 5.66. The normalized spacial score (nSPS) is 11.0. The average molecular weight is 437 g/mol. The molecular weight excluding hydrogens is 419 g/mol. The van der Waals surface area contributed by atoms with Crippen LogP contribution in [0.15, 0.2) is 60.7 Å². The van der Waals surface area contributed by atoms with Gasteiger partial charge in [0, 0.05) is 10.9 Å². The highest BCUT2D eigenvalue weighted by atomic mass is 31.0. The highest BCUT2D eigenvalue weighted by Gasteiger charge is 2.17. The van der Waals surface area contributed by atoms with Gasteiger partial charge >= 0.3 is 5.97 Å². The third-order valence-corrected chi connectivity index (χ3v) is 5.37. The Bertz CT molecular complexity index is 1310. The van der Waals surface area contributed by atoms with Crippen molar-refractivity contribution >= 4 is 31.4 Å². The smallest absolute Gasteiger partial charge is 0.336 e. The van der Waals surface area contributed by atoms with E-state index in [-0.39, 0.29) is 27.7 Å². The minimum Gasteiger partial charge on any atom is -0.494 e. The first-order valence-corrected chi connectivity index (χ1v) is 10.1. The molecule has 4 rings (SSSR count). The fraction of sp³-hybridized carbons (Fsp3) is 0.0833. The number of pyridine rings is 1. The van der Waals surface area contributed by atoms with Gasteiger partial charge < -0.3 is 9.84 Å². The average Bonchev–Trinajstić information content (AvgIpc) is 2.75. The Morgan fingerprint density at radius 1 is 1.03 bits per heavy atom. The van der Waals surface area contributed by atoms with Crippen LogP contribution >= 0.6 is 9.24 Å². The van der Waals surface area contributed by atoms with E-state index in [9.17, 15) is 14.3 Å². The molecule has 1 atom stereocenters. The summed E-state index contributed by atoms with van der Waals surface area (Å²) in [5.74, 6) is -1.62. The van der Waals surface area contributed by atoms with Crippen LogP contribution in [-0.4, -0.2) is 22.7 Å². The van der Waals surface area contributed by atoms with Gasteiger partial charge in [-0.1, -0.05) is 12.1 Å². The summed E-state index contributed by atoms with van der Waals surface area (Å²) in [6, 6.07) is 15.3. The van der Waals surface area contributed by atoms with Crippen LogP contribution in [0, 0.1) is 11.6 Å². The summed E-state index contributed by atoms with van der Waals surface area (Å²) < 4.78 is 34.2. The van der Waals surface area contributed by atoms with Gasteiger partial charge in [0.1, 0.15) is 17.4 Å². The van der Waals surface area contributed by atoms with Crippen LogP contribution < -0.4 is 10.0 Å². The molecule has 1 aromatic heterocycles. The van der Waals surface area contributed by atoms with Gasteiger partial charge in [0.15, 0.2) is 0 Å². The molecule has 0 amide bonds. The van der Waals surface area contributed by atoms with Crippen molar-refractivity contribution in [3.8, 4) is 28.1 Å². The van der Waals surface area contributed by atoms with Crippen LogP contribution in [-0.2, 0) is 0 Å². The van der Waals surface area contributed by atoms with Crippen molar-refractivity contribution in [2.75, 3.05) is 6.61 Å². The molecule has 0 radical (unpaired) electrons. The maximum atomic E-state index is 15.1. The van der Waals surface area contributed by atoms with Gasteiger partial charge in [0.2, 0.25) is 0 Å². The van der Waals surface area contributed by atoms with E-state index in [1.165, 1.54) is 24.3 Å². The minimum atomic E-state index is -1.24. The zero-order valence-corrected chi connectivity index (χ0v) is 17.7. The fourth-order valence-electron chi connectivity index (χ4n) is 3.45. The zero-order valence-electron chi connectivity index (χ0n) is 16.5. The molecule has 1 heterocycles. The summed E-state index contributed by atoms with van der Waals surface area (Å²) in [7, 11) is 2.57. The van der Waals surface area contributed by atoms with Crippen LogP contribution in [0.2, 0.25) is 0 Å². The zero-order chi connectivity index (χ0) is 22.1. The fourth-order valence-corrected chi connectivity index (χ4v) is 3.86. The number of halogens is 2. The molecular formula is C24H18F2NO3P. The molecule has 4 nitrogen and oxygen atoms in total. The molecule has 0 aliphatic rings. The second-order valence-electron chi connectivity index (χ2n) is 6.90. The topological polar surface area (TPSA) is 59.4 Å². The molecule has 0 fully saturated rings. The molecule has 0 aliphatic heterocycles. The van der Waals surface area contributed by atoms with Crippen LogP contribution in [0.5, 0.6) is 5.75 Å². The SMILES string of the molecule is CCOc1ccc(-c2cc(F)c(-c3cc(C(=O)O)c4cc(F)ccc4n3)cc2P)cc1. The lowest BCUT2D eigenvalue weighted by molar-refractivity contribution is 0.0699. The van der Waals surface area contributed by atoms with Crippen molar-refractivity contribution < 1.29 is 23.4 Å². The van der Waals surface area contributed by atoms with E-state index in [1.54, 1.807) is 6.07 Å². The molecule has 3 aromatic carbocycles. The quantitative estimate of drug-likeness (QED) is 0.422. The predicted octanol–water partition coefficient (Wildman–Crippen LogP) is 5.44. The molecule has 0 aliphatic carbocycles. The predicted molar refractivity (Wildman–Crippen MR) is 120 cm³/mol. The van der Waals surface area contributed by atoms with Crippen molar-refractivity contribution in [1.29, 1.82) is 0 Å².